The van der Waals surface area contributed by atoms with E-state index in [9.17, 15) is 9.90 Å². The van der Waals surface area contributed by atoms with E-state index >= 15 is 0 Å². The van der Waals surface area contributed by atoms with Gasteiger partial charge in [-0.1, -0.05) is 24.3 Å². The number of methoxy groups -OCH3 is 1. The molecule has 0 saturated carbocycles. The number of carbonyl (C=O) groups excluding carboxylic acids is 1. The van der Waals surface area contributed by atoms with E-state index < -0.39 is 6.10 Å². The number of benzene rings is 1. The maximum atomic E-state index is 11.1. The molecule has 0 saturated heterocycles. The Morgan fingerprint density at radius 3 is 2.50 bits per heavy atom. The summed E-state index contributed by atoms with van der Waals surface area (Å²) in [5.41, 5.74) is 2.58. The van der Waals surface area contributed by atoms with E-state index in [-0.39, 0.29) is 18.3 Å². The first-order valence-electron chi connectivity index (χ1n) is 5.52. The smallest absolute Gasteiger partial charge is 0.308 e. The monoisotopic (exact) mass is 220 g/mol. The van der Waals surface area contributed by atoms with Crippen molar-refractivity contribution in [3.8, 4) is 0 Å². The lowest BCUT2D eigenvalue weighted by Gasteiger charge is -2.16. The summed E-state index contributed by atoms with van der Waals surface area (Å²) in [5, 5.41) is 9.92. The number of aliphatic hydroxyl groups excluding tert-OH is 1. The van der Waals surface area contributed by atoms with Crippen molar-refractivity contribution in [2.45, 2.75) is 25.4 Å². The van der Waals surface area contributed by atoms with E-state index in [1.807, 2.05) is 12.1 Å². The van der Waals surface area contributed by atoms with Crippen molar-refractivity contribution in [2.24, 2.45) is 5.92 Å². The van der Waals surface area contributed by atoms with Gasteiger partial charge in [-0.2, -0.15) is 0 Å². The second-order valence-corrected chi connectivity index (χ2v) is 4.28. The summed E-state index contributed by atoms with van der Waals surface area (Å²) >= 11 is 0. The molecule has 0 heterocycles. The standard InChI is InChI=1S/C13H16O3/c1-16-13(15)8-12(14)11-6-9-4-2-3-5-10(9)7-11/h2-5,11-12,14H,6-8H2,1H3. The van der Waals surface area contributed by atoms with Crippen molar-refractivity contribution in [2.75, 3.05) is 7.11 Å². The van der Waals surface area contributed by atoms with Gasteiger partial charge in [0.05, 0.1) is 19.6 Å². The highest BCUT2D eigenvalue weighted by molar-refractivity contribution is 5.69. The van der Waals surface area contributed by atoms with E-state index in [2.05, 4.69) is 16.9 Å². The van der Waals surface area contributed by atoms with Crippen molar-refractivity contribution in [1.82, 2.24) is 0 Å². The lowest BCUT2D eigenvalue weighted by Crippen LogP contribution is -2.24. The Labute approximate surface area is 95.0 Å². The number of aliphatic hydroxyl groups is 1. The van der Waals surface area contributed by atoms with Crippen LogP contribution in [0.2, 0.25) is 0 Å². The molecule has 0 aliphatic heterocycles. The average molecular weight is 220 g/mol. The fraction of sp³-hybridized carbons (Fsp3) is 0.462. The molecular formula is C13H16O3. The van der Waals surface area contributed by atoms with Gasteiger partial charge in [0, 0.05) is 0 Å². The molecule has 1 aromatic rings. The first kappa shape index (κ1) is 11.1. The summed E-state index contributed by atoms with van der Waals surface area (Å²) in [5.74, 6) is -0.194. The van der Waals surface area contributed by atoms with E-state index in [4.69, 9.17) is 0 Å². The summed E-state index contributed by atoms with van der Waals surface area (Å²) in [7, 11) is 1.35. The highest BCUT2D eigenvalue weighted by Crippen LogP contribution is 2.29. The zero-order valence-corrected chi connectivity index (χ0v) is 9.35. The van der Waals surface area contributed by atoms with E-state index in [0.717, 1.165) is 12.8 Å². The Morgan fingerprint density at radius 2 is 2.00 bits per heavy atom. The molecule has 1 N–H and O–H groups in total. The highest BCUT2D eigenvalue weighted by atomic mass is 16.5. The Bertz CT molecular complexity index is 362. The number of rotatable bonds is 3. The van der Waals surface area contributed by atoms with Crippen LogP contribution in [0.5, 0.6) is 0 Å². The van der Waals surface area contributed by atoms with Crippen LogP contribution in [0, 0.1) is 5.92 Å². The van der Waals surface area contributed by atoms with Gasteiger partial charge in [0.15, 0.2) is 0 Å². The van der Waals surface area contributed by atoms with Gasteiger partial charge in [0.2, 0.25) is 0 Å². The maximum absolute atomic E-state index is 11.1. The zero-order valence-electron chi connectivity index (χ0n) is 9.35. The number of hydrogen-bond acceptors (Lipinski definition) is 3. The summed E-state index contributed by atoms with van der Waals surface area (Å²) in [6.07, 6.45) is 1.21. The highest BCUT2D eigenvalue weighted by Gasteiger charge is 2.28. The van der Waals surface area contributed by atoms with Crippen LogP contribution in [0.4, 0.5) is 0 Å². The molecule has 0 spiro atoms. The van der Waals surface area contributed by atoms with Gasteiger partial charge in [0.1, 0.15) is 0 Å². The molecule has 0 fully saturated rings. The molecule has 1 aliphatic carbocycles. The summed E-state index contributed by atoms with van der Waals surface area (Å²) in [6.45, 7) is 0. The molecule has 1 aliphatic rings. The maximum Gasteiger partial charge on any atom is 0.308 e. The molecule has 3 nitrogen and oxygen atoms in total. The number of fused-ring (bicyclic) bond motifs is 1. The molecule has 0 radical (unpaired) electrons. The van der Waals surface area contributed by atoms with Gasteiger partial charge < -0.3 is 9.84 Å². The van der Waals surface area contributed by atoms with Crippen molar-refractivity contribution in [3.63, 3.8) is 0 Å². The van der Waals surface area contributed by atoms with E-state index in [1.165, 1.54) is 18.2 Å². The normalized spacial score (nSPS) is 16.9. The topological polar surface area (TPSA) is 46.5 Å². The molecule has 1 aromatic carbocycles. The third-order valence-electron chi connectivity index (χ3n) is 3.23. The van der Waals surface area contributed by atoms with E-state index in [0.29, 0.717) is 0 Å². The molecule has 86 valence electrons. The van der Waals surface area contributed by atoms with Crippen LogP contribution < -0.4 is 0 Å². The molecule has 1 atom stereocenters. The molecule has 3 heteroatoms. The fourth-order valence-electron chi connectivity index (χ4n) is 2.29. The minimum atomic E-state index is -0.597. The van der Waals surface area contributed by atoms with Gasteiger partial charge in [-0.3, -0.25) is 4.79 Å². The van der Waals surface area contributed by atoms with Gasteiger partial charge in [0.25, 0.3) is 0 Å². The minimum absolute atomic E-state index is 0.0924. The van der Waals surface area contributed by atoms with Gasteiger partial charge in [-0.15, -0.1) is 0 Å². The molecular weight excluding hydrogens is 204 g/mol. The van der Waals surface area contributed by atoms with Crippen molar-refractivity contribution >= 4 is 5.97 Å². The van der Waals surface area contributed by atoms with Crippen LogP contribution >= 0.6 is 0 Å². The minimum Gasteiger partial charge on any atom is -0.469 e. The first-order valence-corrected chi connectivity index (χ1v) is 5.52. The second-order valence-electron chi connectivity index (χ2n) is 4.28. The molecule has 0 bridgehead atoms. The quantitative estimate of drug-likeness (QED) is 0.782. The summed E-state index contributed by atoms with van der Waals surface area (Å²) in [4.78, 5) is 11.1. The zero-order chi connectivity index (χ0) is 11.5. The molecule has 0 aromatic heterocycles. The van der Waals surface area contributed by atoms with Crippen LogP contribution in [0.15, 0.2) is 24.3 Å². The number of esters is 1. The van der Waals surface area contributed by atoms with Gasteiger partial charge in [-0.05, 0) is 29.9 Å². The van der Waals surface area contributed by atoms with Gasteiger partial charge in [-0.25, -0.2) is 0 Å². The fourth-order valence-corrected chi connectivity index (χ4v) is 2.29. The number of hydrogen-bond donors (Lipinski definition) is 1. The van der Waals surface area contributed by atoms with Crippen LogP contribution in [0.3, 0.4) is 0 Å². The van der Waals surface area contributed by atoms with Crippen molar-refractivity contribution in [1.29, 1.82) is 0 Å². The molecule has 2 rings (SSSR count). The van der Waals surface area contributed by atoms with Crippen LogP contribution in [0.25, 0.3) is 0 Å². The summed E-state index contributed by atoms with van der Waals surface area (Å²) in [6, 6.07) is 8.18. The second kappa shape index (κ2) is 4.66. The first-order chi connectivity index (χ1) is 7.70. The predicted molar refractivity (Wildman–Crippen MR) is 60.0 cm³/mol. The lowest BCUT2D eigenvalue weighted by atomic mass is 9.97. The van der Waals surface area contributed by atoms with Crippen molar-refractivity contribution < 1.29 is 14.6 Å². The van der Waals surface area contributed by atoms with Crippen molar-refractivity contribution in [3.05, 3.63) is 35.4 Å². The lowest BCUT2D eigenvalue weighted by molar-refractivity contribution is -0.143. The van der Waals surface area contributed by atoms with Gasteiger partial charge >= 0.3 is 5.97 Å². The number of ether oxygens (including phenoxy) is 1. The Kier molecular flexibility index (Phi) is 3.25. The SMILES string of the molecule is COC(=O)CC(O)C1Cc2ccccc2C1. The number of carbonyl (C=O) groups is 1. The Balaban J connectivity index is 1.98. The Morgan fingerprint density at radius 1 is 1.44 bits per heavy atom. The largest absolute Gasteiger partial charge is 0.469 e. The molecule has 1 unspecified atom stereocenters. The summed E-state index contributed by atoms with van der Waals surface area (Å²) < 4.78 is 4.56. The third kappa shape index (κ3) is 2.25. The molecule has 16 heavy (non-hydrogen) atoms. The van der Waals surface area contributed by atoms with Crippen LogP contribution in [-0.4, -0.2) is 24.3 Å². The average Bonchev–Trinajstić information content (AvgIpc) is 2.72. The van der Waals surface area contributed by atoms with Crippen LogP contribution in [-0.2, 0) is 22.4 Å². The van der Waals surface area contributed by atoms with E-state index in [1.54, 1.807) is 0 Å². The van der Waals surface area contributed by atoms with Crippen LogP contribution in [0.1, 0.15) is 17.5 Å². The Hall–Kier alpha value is -1.35. The predicted octanol–water partition coefficient (Wildman–Crippen LogP) is 1.33. The third-order valence-corrected chi connectivity index (χ3v) is 3.23. The molecule has 0 amide bonds.